The van der Waals surface area contributed by atoms with E-state index in [0.717, 1.165) is 19.6 Å². The predicted octanol–water partition coefficient (Wildman–Crippen LogP) is -0.628. The van der Waals surface area contributed by atoms with Crippen LogP contribution in [0.25, 0.3) is 0 Å². The lowest BCUT2D eigenvalue weighted by Gasteiger charge is -2.35. The van der Waals surface area contributed by atoms with Gasteiger partial charge in [0, 0.05) is 33.7 Å². The van der Waals surface area contributed by atoms with E-state index >= 15 is 0 Å². The highest BCUT2D eigenvalue weighted by atomic mass is 16.2. The van der Waals surface area contributed by atoms with Crippen molar-refractivity contribution in [3.8, 4) is 11.8 Å². The molecule has 1 fully saturated rings. The minimum absolute atomic E-state index is 0.0606. The summed E-state index contributed by atoms with van der Waals surface area (Å²) in [6.07, 6.45) is 0. The van der Waals surface area contributed by atoms with Gasteiger partial charge in [0.2, 0.25) is 5.91 Å². The van der Waals surface area contributed by atoms with Crippen molar-refractivity contribution in [1.82, 2.24) is 15.1 Å². The Morgan fingerprint density at radius 1 is 1.60 bits per heavy atom. The average Bonchev–Trinajstić information content (AvgIpc) is 2.25. The lowest BCUT2D eigenvalue weighted by atomic mass is 10.1. The maximum atomic E-state index is 11.9. The Labute approximate surface area is 91.6 Å². The van der Waals surface area contributed by atoms with Crippen molar-refractivity contribution in [3.05, 3.63) is 0 Å². The highest BCUT2D eigenvalue weighted by molar-refractivity contribution is 5.81. The van der Waals surface area contributed by atoms with Gasteiger partial charge in [-0.05, 0) is 6.92 Å². The van der Waals surface area contributed by atoms with Gasteiger partial charge in [0.15, 0.2) is 0 Å². The van der Waals surface area contributed by atoms with Crippen LogP contribution < -0.4 is 5.32 Å². The Balaban J connectivity index is 2.63. The highest BCUT2D eigenvalue weighted by Crippen LogP contribution is 2.04. The van der Waals surface area contributed by atoms with E-state index in [-0.39, 0.29) is 11.9 Å². The molecule has 4 heteroatoms. The van der Waals surface area contributed by atoms with Crippen molar-refractivity contribution in [2.24, 2.45) is 0 Å². The summed E-state index contributed by atoms with van der Waals surface area (Å²) in [5.74, 6) is 6.04. The summed E-state index contributed by atoms with van der Waals surface area (Å²) in [7, 11) is 3.58. The molecule has 84 valence electrons. The fourth-order valence-corrected chi connectivity index (χ4v) is 1.66. The van der Waals surface area contributed by atoms with E-state index in [1.807, 2.05) is 6.92 Å². The molecule has 4 nitrogen and oxygen atoms in total. The molecular weight excluding hydrogens is 190 g/mol. The van der Waals surface area contributed by atoms with Gasteiger partial charge in [0.05, 0.1) is 6.54 Å². The Bertz CT molecular complexity index is 277. The zero-order chi connectivity index (χ0) is 11.3. The third kappa shape index (κ3) is 3.22. The molecule has 1 aliphatic rings. The fourth-order valence-electron chi connectivity index (χ4n) is 1.66. The molecule has 1 aliphatic heterocycles. The quantitative estimate of drug-likeness (QED) is 0.615. The summed E-state index contributed by atoms with van der Waals surface area (Å²) in [6, 6.07) is -0.0606. The van der Waals surface area contributed by atoms with Gasteiger partial charge in [-0.3, -0.25) is 9.69 Å². The maximum Gasteiger partial charge on any atom is 0.240 e. The molecule has 0 aromatic carbocycles. The number of carbonyl (C=O) groups is 1. The van der Waals surface area contributed by atoms with Crippen LogP contribution in [0.1, 0.15) is 6.92 Å². The second-order valence-corrected chi connectivity index (χ2v) is 3.85. The van der Waals surface area contributed by atoms with Gasteiger partial charge in [-0.25, -0.2) is 0 Å². The van der Waals surface area contributed by atoms with E-state index in [2.05, 4.69) is 22.1 Å². The Morgan fingerprint density at radius 3 is 2.93 bits per heavy atom. The van der Waals surface area contributed by atoms with Crippen LogP contribution >= 0.6 is 0 Å². The van der Waals surface area contributed by atoms with Gasteiger partial charge in [0.25, 0.3) is 0 Å². The number of hydrogen-bond acceptors (Lipinski definition) is 3. The van der Waals surface area contributed by atoms with Crippen molar-refractivity contribution in [3.63, 3.8) is 0 Å². The van der Waals surface area contributed by atoms with Crippen molar-refractivity contribution < 1.29 is 4.79 Å². The lowest BCUT2D eigenvalue weighted by molar-refractivity contribution is -0.134. The largest absolute Gasteiger partial charge is 0.347 e. The first-order valence-electron chi connectivity index (χ1n) is 5.22. The summed E-state index contributed by atoms with van der Waals surface area (Å²) in [4.78, 5) is 15.6. The summed E-state index contributed by atoms with van der Waals surface area (Å²) in [5, 5.41) is 3.24. The van der Waals surface area contributed by atoms with Gasteiger partial charge in [-0.2, -0.15) is 0 Å². The zero-order valence-corrected chi connectivity index (χ0v) is 9.71. The van der Waals surface area contributed by atoms with Crippen LogP contribution in [0, 0.1) is 11.8 Å². The normalized spacial score (nSPS) is 21.7. The molecule has 15 heavy (non-hydrogen) atoms. The molecule has 1 saturated heterocycles. The number of amides is 1. The van der Waals surface area contributed by atoms with Crippen LogP contribution in [0.2, 0.25) is 0 Å². The number of piperazine rings is 1. The first kappa shape index (κ1) is 12.0. The molecule has 1 atom stereocenters. The van der Waals surface area contributed by atoms with Crippen molar-refractivity contribution in [2.75, 3.05) is 40.3 Å². The van der Waals surface area contributed by atoms with Crippen molar-refractivity contribution >= 4 is 5.91 Å². The second-order valence-electron chi connectivity index (χ2n) is 3.85. The summed E-state index contributed by atoms with van der Waals surface area (Å²) in [6.45, 7) is 5.05. The Morgan fingerprint density at radius 2 is 2.33 bits per heavy atom. The van der Waals surface area contributed by atoms with Crippen LogP contribution in [0.3, 0.4) is 0 Å². The highest BCUT2D eigenvalue weighted by Gasteiger charge is 2.28. The van der Waals surface area contributed by atoms with E-state index < -0.39 is 0 Å². The molecule has 0 saturated carbocycles. The third-order valence-corrected chi connectivity index (χ3v) is 2.54. The Hall–Kier alpha value is -1.05. The number of nitrogens with one attached hydrogen (secondary N) is 1. The fraction of sp³-hybridized carbons (Fsp3) is 0.727. The molecule has 0 radical (unpaired) electrons. The van der Waals surface area contributed by atoms with E-state index in [0.29, 0.717) is 6.54 Å². The summed E-state index contributed by atoms with van der Waals surface area (Å²) < 4.78 is 0. The first-order chi connectivity index (χ1) is 7.16. The predicted molar refractivity (Wildman–Crippen MR) is 60.4 cm³/mol. The van der Waals surface area contributed by atoms with Crippen LogP contribution in [-0.4, -0.2) is 62.0 Å². The Kier molecular flexibility index (Phi) is 4.60. The van der Waals surface area contributed by atoms with Crippen LogP contribution in [-0.2, 0) is 4.79 Å². The second kappa shape index (κ2) is 5.74. The van der Waals surface area contributed by atoms with Crippen LogP contribution in [0.5, 0.6) is 0 Å². The van der Waals surface area contributed by atoms with E-state index in [4.69, 9.17) is 0 Å². The SMILES string of the molecule is CC#CCN1CCNCC1C(=O)N(C)C. The van der Waals surface area contributed by atoms with Crippen LogP contribution in [0.4, 0.5) is 0 Å². The molecular formula is C11H19N3O. The molecule has 1 heterocycles. The van der Waals surface area contributed by atoms with Gasteiger partial charge in [0.1, 0.15) is 6.04 Å². The van der Waals surface area contributed by atoms with Gasteiger partial charge >= 0.3 is 0 Å². The summed E-state index contributed by atoms with van der Waals surface area (Å²) in [5.41, 5.74) is 0. The smallest absolute Gasteiger partial charge is 0.240 e. The average molecular weight is 209 g/mol. The lowest BCUT2D eigenvalue weighted by Crippen LogP contribution is -2.57. The molecule has 1 N–H and O–H groups in total. The molecule has 0 aliphatic carbocycles. The van der Waals surface area contributed by atoms with Gasteiger partial charge in [-0.1, -0.05) is 5.92 Å². The molecule has 1 rings (SSSR count). The number of rotatable bonds is 2. The van der Waals surface area contributed by atoms with E-state index in [1.165, 1.54) is 0 Å². The topological polar surface area (TPSA) is 35.6 Å². The maximum absolute atomic E-state index is 11.9. The number of carbonyl (C=O) groups excluding carboxylic acids is 1. The van der Waals surface area contributed by atoms with Crippen molar-refractivity contribution in [2.45, 2.75) is 13.0 Å². The van der Waals surface area contributed by atoms with E-state index in [9.17, 15) is 4.79 Å². The summed E-state index contributed by atoms with van der Waals surface area (Å²) >= 11 is 0. The number of hydrogen-bond donors (Lipinski definition) is 1. The molecule has 0 aromatic heterocycles. The first-order valence-corrected chi connectivity index (χ1v) is 5.22. The molecule has 1 amide bonds. The monoisotopic (exact) mass is 209 g/mol. The third-order valence-electron chi connectivity index (χ3n) is 2.54. The minimum atomic E-state index is -0.0606. The molecule has 1 unspecified atom stereocenters. The van der Waals surface area contributed by atoms with Gasteiger partial charge in [-0.15, -0.1) is 5.92 Å². The molecule has 0 spiro atoms. The van der Waals surface area contributed by atoms with Crippen LogP contribution in [0.15, 0.2) is 0 Å². The van der Waals surface area contributed by atoms with Gasteiger partial charge < -0.3 is 10.2 Å². The van der Waals surface area contributed by atoms with Crippen molar-refractivity contribution in [1.29, 1.82) is 0 Å². The molecule has 0 bridgehead atoms. The number of likely N-dealkylation sites (N-methyl/N-ethyl adjacent to an activating group) is 1. The zero-order valence-electron chi connectivity index (χ0n) is 9.71. The minimum Gasteiger partial charge on any atom is -0.347 e. The number of nitrogens with zero attached hydrogens (tertiary/aromatic N) is 2. The standard InChI is InChI=1S/C11H19N3O/c1-4-5-7-14-8-6-12-9-10(14)11(15)13(2)3/h10,12H,6-9H2,1-3H3. The van der Waals surface area contributed by atoms with E-state index in [1.54, 1.807) is 19.0 Å². The molecule has 0 aromatic rings.